The van der Waals surface area contributed by atoms with Crippen LogP contribution in [0.15, 0.2) is 12.2 Å². The molecule has 1 fully saturated rings. The van der Waals surface area contributed by atoms with Gasteiger partial charge in [-0.25, -0.2) is 0 Å². The second-order valence-electron chi connectivity index (χ2n) is 4.14. The molecule has 0 atom stereocenters. The summed E-state index contributed by atoms with van der Waals surface area (Å²) in [6.45, 7) is 7.47. The van der Waals surface area contributed by atoms with Crippen LogP contribution in [0, 0.1) is 5.92 Å². The zero-order valence-corrected chi connectivity index (χ0v) is 9.72. The lowest BCUT2D eigenvalue weighted by atomic mass is 10.3. The second-order valence-corrected chi connectivity index (χ2v) is 4.41. The summed E-state index contributed by atoms with van der Waals surface area (Å²) in [4.78, 5) is 2.19. The standard InChI is InChI=1S/C11H20ClNO/c1-10(7-12)8-13(2)5-6-14-9-11-3-4-11/h11H,1,3-9H2,2H3. The number of nitrogens with zero attached hydrogens (tertiary/aromatic N) is 1. The van der Waals surface area contributed by atoms with Gasteiger partial charge in [-0.1, -0.05) is 6.58 Å². The van der Waals surface area contributed by atoms with Gasteiger partial charge in [0.05, 0.1) is 6.61 Å². The number of halogens is 1. The molecular weight excluding hydrogens is 198 g/mol. The Morgan fingerprint density at radius 3 is 2.86 bits per heavy atom. The van der Waals surface area contributed by atoms with Gasteiger partial charge in [-0.15, -0.1) is 11.6 Å². The van der Waals surface area contributed by atoms with Gasteiger partial charge in [0, 0.05) is 25.6 Å². The van der Waals surface area contributed by atoms with Gasteiger partial charge in [0.1, 0.15) is 0 Å². The lowest BCUT2D eigenvalue weighted by Gasteiger charge is -2.16. The Balaban J connectivity index is 1.90. The molecule has 0 heterocycles. The van der Waals surface area contributed by atoms with E-state index in [0.717, 1.165) is 37.8 Å². The average Bonchev–Trinajstić information content (AvgIpc) is 2.96. The molecule has 14 heavy (non-hydrogen) atoms. The van der Waals surface area contributed by atoms with Crippen molar-refractivity contribution in [3.63, 3.8) is 0 Å². The molecule has 0 unspecified atom stereocenters. The summed E-state index contributed by atoms with van der Waals surface area (Å²) in [6, 6.07) is 0. The van der Waals surface area contributed by atoms with Crippen molar-refractivity contribution >= 4 is 11.6 Å². The molecule has 3 heteroatoms. The molecule has 0 bridgehead atoms. The van der Waals surface area contributed by atoms with E-state index in [1.165, 1.54) is 12.8 Å². The Morgan fingerprint density at radius 2 is 2.29 bits per heavy atom. The van der Waals surface area contributed by atoms with E-state index in [0.29, 0.717) is 5.88 Å². The van der Waals surface area contributed by atoms with Crippen LogP contribution in [-0.4, -0.2) is 44.1 Å². The largest absolute Gasteiger partial charge is 0.380 e. The lowest BCUT2D eigenvalue weighted by molar-refractivity contribution is 0.106. The van der Waals surface area contributed by atoms with Crippen LogP contribution < -0.4 is 0 Å². The highest BCUT2D eigenvalue weighted by Crippen LogP contribution is 2.28. The first-order chi connectivity index (χ1) is 6.72. The fraction of sp³-hybridized carbons (Fsp3) is 0.818. The minimum atomic E-state index is 0.549. The van der Waals surface area contributed by atoms with E-state index in [1.807, 2.05) is 0 Å². The second kappa shape index (κ2) is 6.44. The van der Waals surface area contributed by atoms with Crippen LogP contribution in [0.25, 0.3) is 0 Å². The van der Waals surface area contributed by atoms with Gasteiger partial charge in [-0.2, -0.15) is 0 Å². The zero-order valence-electron chi connectivity index (χ0n) is 8.97. The summed E-state index contributed by atoms with van der Waals surface area (Å²) in [5.74, 6) is 1.41. The molecule has 0 amide bonds. The molecule has 0 radical (unpaired) electrons. The first kappa shape index (κ1) is 12.0. The van der Waals surface area contributed by atoms with Gasteiger partial charge >= 0.3 is 0 Å². The van der Waals surface area contributed by atoms with Crippen molar-refractivity contribution in [1.29, 1.82) is 0 Å². The van der Waals surface area contributed by atoms with Crippen molar-refractivity contribution in [2.24, 2.45) is 5.92 Å². The van der Waals surface area contributed by atoms with Gasteiger partial charge in [0.15, 0.2) is 0 Å². The summed E-state index contributed by atoms with van der Waals surface area (Å²) in [5.41, 5.74) is 1.07. The van der Waals surface area contributed by atoms with Crippen LogP contribution >= 0.6 is 11.6 Å². The van der Waals surface area contributed by atoms with E-state index >= 15 is 0 Å². The van der Waals surface area contributed by atoms with Crippen molar-refractivity contribution in [2.45, 2.75) is 12.8 Å². The molecule has 1 aliphatic rings. The maximum Gasteiger partial charge on any atom is 0.0593 e. The molecular formula is C11H20ClNO. The summed E-state index contributed by atoms with van der Waals surface area (Å²) in [5, 5.41) is 0. The number of hydrogen-bond acceptors (Lipinski definition) is 2. The van der Waals surface area contributed by atoms with Crippen LogP contribution in [0.5, 0.6) is 0 Å². The average molecular weight is 218 g/mol. The van der Waals surface area contributed by atoms with Gasteiger partial charge in [0.2, 0.25) is 0 Å². The summed E-state index contributed by atoms with van der Waals surface area (Å²) >= 11 is 5.65. The molecule has 82 valence electrons. The van der Waals surface area contributed by atoms with Crippen LogP contribution in [0.2, 0.25) is 0 Å². The SMILES string of the molecule is C=C(CCl)CN(C)CCOCC1CC1. The third kappa shape index (κ3) is 5.63. The Morgan fingerprint density at radius 1 is 1.57 bits per heavy atom. The molecule has 1 saturated carbocycles. The van der Waals surface area contributed by atoms with E-state index in [1.54, 1.807) is 0 Å². The molecule has 0 spiro atoms. The van der Waals surface area contributed by atoms with Gasteiger partial charge in [0.25, 0.3) is 0 Å². The Labute approximate surface area is 91.9 Å². The van der Waals surface area contributed by atoms with E-state index in [4.69, 9.17) is 16.3 Å². The predicted octanol–water partition coefficient (Wildman–Crippen LogP) is 2.14. The van der Waals surface area contributed by atoms with Crippen molar-refractivity contribution in [1.82, 2.24) is 4.90 Å². The van der Waals surface area contributed by atoms with E-state index < -0.39 is 0 Å². The Kier molecular flexibility index (Phi) is 5.53. The number of alkyl halides is 1. The van der Waals surface area contributed by atoms with E-state index in [2.05, 4.69) is 18.5 Å². The minimum absolute atomic E-state index is 0.549. The van der Waals surface area contributed by atoms with Crippen molar-refractivity contribution < 1.29 is 4.74 Å². The maximum absolute atomic E-state index is 5.65. The van der Waals surface area contributed by atoms with Crippen molar-refractivity contribution in [2.75, 3.05) is 39.2 Å². The van der Waals surface area contributed by atoms with Crippen LogP contribution in [0.3, 0.4) is 0 Å². The number of rotatable bonds is 8. The normalized spacial score (nSPS) is 16.2. The molecule has 2 nitrogen and oxygen atoms in total. The predicted molar refractivity (Wildman–Crippen MR) is 60.9 cm³/mol. The molecule has 0 saturated heterocycles. The van der Waals surface area contributed by atoms with Gasteiger partial charge < -0.3 is 9.64 Å². The van der Waals surface area contributed by atoms with Crippen molar-refractivity contribution in [3.05, 3.63) is 12.2 Å². The zero-order chi connectivity index (χ0) is 10.4. The molecule has 0 N–H and O–H groups in total. The van der Waals surface area contributed by atoms with Gasteiger partial charge in [-0.05, 0) is 31.4 Å². The third-order valence-electron chi connectivity index (χ3n) is 2.35. The fourth-order valence-electron chi connectivity index (χ4n) is 1.26. The highest BCUT2D eigenvalue weighted by atomic mass is 35.5. The number of likely N-dealkylation sites (N-methyl/N-ethyl adjacent to an activating group) is 1. The molecule has 0 aromatic rings. The molecule has 0 aromatic heterocycles. The summed E-state index contributed by atoms with van der Waals surface area (Å²) in [7, 11) is 2.07. The first-order valence-corrected chi connectivity index (χ1v) is 5.74. The van der Waals surface area contributed by atoms with Crippen LogP contribution in [0.1, 0.15) is 12.8 Å². The van der Waals surface area contributed by atoms with Crippen LogP contribution in [-0.2, 0) is 4.74 Å². The topological polar surface area (TPSA) is 12.5 Å². The van der Waals surface area contributed by atoms with E-state index in [9.17, 15) is 0 Å². The summed E-state index contributed by atoms with van der Waals surface area (Å²) < 4.78 is 5.54. The Hall–Kier alpha value is -0.0500. The number of ether oxygens (including phenoxy) is 1. The molecule has 1 aliphatic carbocycles. The molecule has 0 aromatic carbocycles. The van der Waals surface area contributed by atoms with Crippen molar-refractivity contribution in [3.8, 4) is 0 Å². The Bertz CT molecular complexity index is 180. The first-order valence-electron chi connectivity index (χ1n) is 5.21. The van der Waals surface area contributed by atoms with Crippen LogP contribution in [0.4, 0.5) is 0 Å². The quantitative estimate of drug-likeness (QED) is 0.351. The molecule has 0 aliphatic heterocycles. The van der Waals surface area contributed by atoms with E-state index in [-0.39, 0.29) is 0 Å². The number of hydrogen-bond donors (Lipinski definition) is 0. The third-order valence-corrected chi connectivity index (χ3v) is 2.73. The highest BCUT2D eigenvalue weighted by molar-refractivity contribution is 6.19. The smallest absolute Gasteiger partial charge is 0.0593 e. The van der Waals surface area contributed by atoms with Gasteiger partial charge in [-0.3, -0.25) is 0 Å². The monoisotopic (exact) mass is 217 g/mol. The maximum atomic E-state index is 5.65. The summed E-state index contributed by atoms with van der Waals surface area (Å²) in [6.07, 6.45) is 2.72. The lowest BCUT2D eigenvalue weighted by Crippen LogP contribution is -2.25. The highest BCUT2D eigenvalue weighted by Gasteiger charge is 2.20. The fourth-order valence-corrected chi connectivity index (χ4v) is 1.34. The minimum Gasteiger partial charge on any atom is -0.380 e. The molecule has 1 rings (SSSR count).